The molecule has 3 aromatic rings. The van der Waals surface area contributed by atoms with Gasteiger partial charge in [0.2, 0.25) is 0 Å². The molecule has 0 aliphatic heterocycles. The molecule has 0 amide bonds. The molecule has 3 rings (SSSR count). The van der Waals surface area contributed by atoms with Crippen LogP contribution in [0, 0.1) is 6.92 Å². The van der Waals surface area contributed by atoms with E-state index >= 15 is 0 Å². The molecule has 0 spiro atoms. The standard InChI is InChI=1S/C18H18N2O10S3.Cu/c1-9-5-10-7-15(33(28,29)30)17(18(22)16(10)14(6-9)32(25,26)27)20-19-12-8-11(31(2,23)24)3-4-13(12)21;/h3-8,21-22,25-27H,1-2H3,(H,28,29,30);. The average molecular weight is 582 g/mol. The average Bonchev–Trinajstić information content (AvgIpc) is 2.65. The van der Waals surface area contributed by atoms with Gasteiger partial charge in [0.25, 0.3) is 10.1 Å². The number of aromatic hydroxyl groups is 2. The Morgan fingerprint density at radius 2 is 1.44 bits per heavy atom. The van der Waals surface area contributed by atoms with E-state index in [1.165, 1.54) is 13.0 Å². The van der Waals surface area contributed by atoms with E-state index in [0.717, 1.165) is 36.6 Å². The van der Waals surface area contributed by atoms with Gasteiger partial charge in [-0.15, -0.1) is 10.2 Å². The van der Waals surface area contributed by atoms with Crippen LogP contribution in [0.2, 0.25) is 0 Å². The third-order valence-electron chi connectivity index (χ3n) is 4.46. The largest absolute Gasteiger partial charge is 0.506 e. The van der Waals surface area contributed by atoms with E-state index in [1.807, 2.05) is 0 Å². The van der Waals surface area contributed by atoms with Crippen LogP contribution >= 0.6 is 10.9 Å². The Hall–Kier alpha value is -2.27. The van der Waals surface area contributed by atoms with Crippen molar-refractivity contribution < 1.29 is 62.3 Å². The first-order valence-corrected chi connectivity index (χ1v) is 13.6. The number of fused-ring (bicyclic) bond motifs is 1. The molecular formula is C18H18CuN2O10S3. The normalized spacial score (nSPS) is 13.2. The number of azo groups is 1. The summed E-state index contributed by atoms with van der Waals surface area (Å²) < 4.78 is 86.4. The Bertz CT molecular complexity index is 1530. The molecule has 0 heterocycles. The van der Waals surface area contributed by atoms with Crippen molar-refractivity contribution in [3.8, 4) is 11.5 Å². The Kier molecular flexibility index (Phi) is 7.74. The summed E-state index contributed by atoms with van der Waals surface area (Å²) in [6.07, 6.45) is 0.905. The number of aryl methyl sites for hydroxylation is 1. The second kappa shape index (κ2) is 9.41. The summed E-state index contributed by atoms with van der Waals surface area (Å²) >= 11 is 0. The van der Waals surface area contributed by atoms with Crippen molar-refractivity contribution >= 4 is 53.0 Å². The molecule has 0 saturated carbocycles. The molecule has 0 unspecified atom stereocenters. The van der Waals surface area contributed by atoms with E-state index in [1.54, 1.807) is 0 Å². The predicted molar refractivity (Wildman–Crippen MR) is 119 cm³/mol. The number of phenols is 2. The number of rotatable bonds is 5. The Morgan fingerprint density at radius 3 is 1.97 bits per heavy atom. The number of benzene rings is 3. The number of hydrogen-bond donors (Lipinski definition) is 6. The van der Waals surface area contributed by atoms with Crippen molar-refractivity contribution in [2.75, 3.05) is 6.26 Å². The quantitative estimate of drug-likeness (QED) is 0.143. The predicted octanol–water partition coefficient (Wildman–Crippen LogP) is 4.21. The van der Waals surface area contributed by atoms with Gasteiger partial charge in [-0.05, 0) is 48.2 Å². The van der Waals surface area contributed by atoms with Crippen LogP contribution < -0.4 is 0 Å². The monoisotopic (exact) mass is 581 g/mol. The number of hydrogen-bond acceptors (Lipinski definition) is 11. The minimum Gasteiger partial charge on any atom is -0.506 e. The Balaban J connectivity index is 0.00000408. The first-order valence-electron chi connectivity index (χ1n) is 8.73. The molecule has 1 radical (unpaired) electrons. The summed E-state index contributed by atoms with van der Waals surface area (Å²) in [5.41, 5.74) is -0.902. The minimum absolute atomic E-state index is 0. The summed E-state index contributed by atoms with van der Waals surface area (Å²) in [5.74, 6) is -1.51. The Labute approximate surface area is 206 Å². The molecule has 16 heteroatoms. The first kappa shape index (κ1) is 28.0. The molecule has 0 fully saturated rings. The van der Waals surface area contributed by atoms with Gasteiger partial charge in [-0.1, -0.05) is 6.07 Å². The molecule has 12 nitrogen and oxygen atoms in total. The van der Waals surface area contributed by atoms with Crippen LogP contribution in [0.25, 0.3) is 10.8 Å². The van der Waals surface area contributed by atoms with Crippen molar-refractivity contribution in [2.24, 2.45) is 10.2 Å². The molecule has 0 aromatic heterocycles. The zero-order valence-corrected chi connectivity index (χ0v) is 20.6. The summed E-state index contributed by atoms with van der Waals surface area (Å²) in [6, 6.07) is 6.41. The molecule has 0 aliphatic rings. The third kappa shape index (κ3) is 5.68. The fourth-order valence-electron chi connectivity index (χ4n) is 3.02. The molecule has 0 aliphatic carbocycles. The molecule has 189 valence electrons. The van der Waals surface area contributed by atoms with Crippen LogP contribution in [0.5, 0.6) is 11.5 Å². The molecule has 0 saturated heterocycles. The van der Waals surface area contributed by atoms with Crippen molar-refractivity contribution in [3.63, 3.8) is 0 Å². The fraction of sp³-hybridized carbons (Fsp3) is 0.111. The van der Waals surface area contributed by atoms with Crippen LogP contribution in [-0.4, -0.2) is 51.5 Å². The van der Waals surface area contributed by atoms with E-state index in [0.29, 0.717) is 5.56 Å². The Morgan fingerprint density at radius 1 is 0.824 bits per heavy atom. The van der Waals surface area contributed by atoms with E-state index < -0.39 is 63.5 Å². The van der Waals surface area contributed by atoms with Crippen LogP contribution in [0.3, 0.4) is 0 Å². The van der Waals surface area contributed by atoms with E-state index in [2.05, 4.69) is 10.2 Å². The molecular weight excluding hydrogens is 564 g/mol. The fourth-order valence-corrected chi connectivity index (χ4v) is 5.15. The van der Waals surface area contributed by atoms with E-state index in [4.69, 9.17) is 0 Å². The minimum atomic E-state index is -5.01. The molecule has 3 aromatic carbocycles. The number of phenolic OH excluding ortho intramolecular Hbond substituents is 2. The van der Waals surface area contributed by atoms with Gasteiger partial charge in [-0.2, -0.15) is 8.42 Å². The second-order valence-electron chi connectivity index (χ2n) is 7.05. The number of nitrogens with zero attached hydrogens (tertiary/aromatic N) is 2. The van der Waals surface area contributed by atoms with E-state index in [-0.39, 0.29) is 32.7 Å². The second-order valence-corrected chi connectivity index (χ2v) is 11.9. The molecule has 0 atom stereocenters. The smallest absolute Gasteiger partial charge is 0.296 e. The summed E-state index contributed by atoms with van der Waals surface area (Å²) in [4.78, 5) is -1.68. The summed E-state index contributed by atoms with van der Waals surface area (Å²) in [5, 5.41) is 27.4. The first-order chi connectivity index (χ1) is 15.0. The molecule has 6 N–H and O–H groups in total. The van der Waals surface area contributed by atoms with Gasteiger partial charge in [0.15, 0.2) is 15.6 Å². The van der Waals surface area contributed by atoms with Gasteiger partial charge in [-0.3, -0.25) is 4.55 Å². The summed E-state index contributed by atoms with van der Waals surface area (Å²) in [6.45, 7) is 1.50. The van der Waals surface area contributed by atoms with Gasteiger partial charge in [-0.25, -0.2) is 8.42 Å². The van der Waals surface area contributed by atoms with Gasteiger partial charge in [0, 0.05) is 28.7 Å². The maximum Gasteiger partial charge on any atom is 0.296 e. The van der Waals surface area contributed by atoms with Gasteiger partial charge < -0.3 is 23.9 Å². The van der Waals surface area contributed by atoms with Crippen LogP contribution in [-0.2, 0) is 37.0 Å². The van der Waals surface area contributed by atoms with Crippen molar-refractivity contribution in [1.82, 2.24) is 0 Å². The van der Waals surface area contributed by atoms with Gasteiger partial charge in [0.05, 0.1) is 9.79 Å². The topological polar surface area (TPSA) is 214 Å². The van der Waals surface area contributed by atoms with Crippen LogP contribution in [0.4, 0.5) is 11.4 Å². The van der Waals surface area contributed by atoms with Crippen molar-refractivity contribution in [1.29, 1.82) is 0 Å². The third-order valence-corrected chi connectivity index (χ3v) is 7.35. The molecule has 0 bridgehead atoms. The zero-order valence-electron chi connectivity index (χ0n) is 17.2. The zero-order chi connectivity index (χ0) is 24.9. The molecule has 34 heavy (non-hydrogen) atoms. The number of sulfone groups is 1. The summed E-state index contributed by atoms with van der Waals surface area (Å²) in [7, 11) is -13.1. The van der Waals surface area contributed by atoms with Crippen LogP contribution in [0.1, 0.15) is 5.56 Å². The van der Waals surface area contributed by atoms with Gasteiger partial charge in [0.1, 0.15) is 32.9 Å². The maximum absolute atomic E-state index is 12.0. The van der Waals surface area contributed by atoms with E-state index in [9.17, 15) is 45.3 Å². The van der Waals surface area contributed by atoms with Crippen molar-refractivity contribution in [2.45, 2.75) is 21.6 Å². The van der Waals surface area contributed by atoms with Crippen LogP contribution in [0.15, 0.2) is 61.3 Å². The van der Waals surface area contributed by atoms with Crippen molar-refractivity contribution in [3.05, 3.63) is 42.0 Å². The maximum atomic E-state index is 12.0. The van der Waals surface area contributed by atoms with Gasteiger partial charge >= 0.3 is 0 Å². The SMILES string of the molecule is Cc1cc(S(O)(O)O)c2c(O)c(N=Nc3cc(S(C)(=O)=O)ccc3O)c(S(=O)(=O)O)cc2c1.[Cu].